The van der Waals surface area contributed by atoms with Crippen LogP contribution >= 0.6 is 0 Å². The van der Waals surface area contributed by atoms with Crippen LogP contribution in [0.5, 0.6) is 0 Å². The molecule has 2 aliphatic carbocycles. The number of nitrogens with one attached hydrogen (secondary N) is 1. The molecule has 0 aromatic carbocycles. The fraction of sp³-hybridized carbons (Fsp3) is 0.867. The van der Waals surface area contributed by atoms with Crippen LogP contribution in [0.25, 0.3) is 0 Å². The summed E-state index contributed by atoms with van der Waals surface area (Å²) in [6.07, 6.45) is 6.47. The van der Waals surface area contributed by atoms with Gasteiger partial charge in [0.15, 0.2) is 0 Å². The molecule has 1 amide bonds. The smallest absolute Gasteiger partial charge is 0.307 e. The number of carbonyl (C=O) groups is 2. The number of hydrogen-bond donors (Lipinski definition) is 3. The maximum atomic E-state index is 12.2. The van der Waals surface area contributed by atoms with Gasteiger partial charge in [0.2, 0.25) is 5.91 Å². The van der Waals surface area contributed by atoms with Gasteiger partial charge in [-0.1, -0.05) is 19.3 Å². The standard InChI is InChI=1S/C15H25NO4/c17-9-11-5-2-1-4-10(11)8-16-14(18)12-6-3-7-13(12)15(19)20/h10-13,17H,1-9H2,(H,16,18)(H,19,20). The third-order valence-electron chi connectivity index (χ3n) is 5.01. The fourth-order valence-electron chi connectivity index (χ4n) is 3.73. The molecule has 2 aliphatic rings. The van der Waals surface area contributed by atoms with Crippen molar-refractivity contribution in [3.05, 3.63) is 0 Å². The minimum absolute atomic E-state index is 0.114. The van der Waals surface area contributed by atoms with Crippen molar-refractivity contribution in [2.45, 2.75) is 44.9 Å². The number of aliphatic carboxylic acids is 1. The number of carbonyl (C=O) groups excluding carboxylic acids is 1. The van der Waals surface area contributed by atoms with E-state index in [2.05, 4.69) is 5.32 Å². The Morgan fingerprint density at radius 3 is 2.25 bits per heavy atom. The molecule has 0 spiro atoms. The summed E-state index contributed by atoms with van der Waals surface area (Å²) < 4.78 is 0. The average Bonchev–Trinajstić information content (AvgIpc) is 2.94. The molecule has 5 heteroatoms. The van der Waals surface area contributed by atoms with Gasteiger partial charge in [-0.3, -0.25) is 9.59 Å². The van der Waals surface area contributed by atoms with E-state index in [4.69, 9.17) is 5.11 Å². The zero-order valence-corrected chi connectivity index (χ0v) is 11.9. The number of amides is 1. The molecule has 0 saturated heterocycles. The molecule has 114 valence electrons. The van der Waals surface area contributed by atoms with Crippen molar-refractivity contribution in [3.63, 3.8) is 0 Å². The molecule has 0 aromatic heterocycles. The molecule has 0 aliphatic heterocycles. The van der Waals surface area contributed by atoms with Gasteiger partial charge in [0.1, 0.15) is 0 Å². The van der Waals surface area contributed by atoms with Crippen LogP contribution in [-0.4, -0.2) is 35.2 Å². The van der Waals surface area contributed by atoms with Gasteiger partial charge in [-0.25, -0.2) is 0 Å². The number of hydrogen-bond acceptors (Lipinski definition) is 3. The third-order valence-corrected chi connectivity index (χ3v) is 5.01. The fourth-order valence-corrected chi connectivity index (χ4v) is 3.73. The zero-order valence-electron chi connectivity index (χ0n) is 11.9. The van der Waals surface area contributed by atoms with Crippen molar-refractivity contribution in [2.24, 2.45) is 23.7 Å². The summed E-state index contributed by atoms with van der Waals surface area (Å²) in [6, 6.07) is 0. The Morgan fingerprint density at radius 1 is 0.950 bits per heavy atom. The SMILES string of the molecule is O=C(O)C1CCCC1C(=O)NCC1CCCCC1CO. The summed E-state index contributed by atoms with van der Waals surface area (Å²) in [7, 11) is 0. The summed E-state index contributed by atoms with van der Waals surface area (Å²) >= 11 is 0. The lowest BCUT2D eigenvalue weighted by Crippen LogP contribution is -2.40. The summed E-state index contributed by atoms with van der Waals surface area (Å²) in [6.45, 7) is 0.759. The Balaban J connectivity index is 1.83. The van der Waals surface area contributed by atoms with Crippen LogP contribution in [0.15, 0.2) is 0 Å². The maximum Gasteiger partial charge on any atom is 0.307 e. The first-order chi connectivity index (χ1) is 9.63. The van der Waals surface area contributed by atoms with Gasteiger partial charge in [-0.2, -0.15) is 0 Å². The van der Waals surface area contributed by atoms with Gasteiger partial charge in [-0.15, -0.1) is 0 Å². The lowest BCUT2D eigenvalue weighted by molar-refractivity contribution is -0.146. The summed E-state index contributed by atoms with van der Waals surface area (Å²) in [5.41, 5.74) is 0. The first kappa shape index (κ1) is 15.3. The second kappa shape index (κ2) is 7.07. The first-order valence-electron chi connectivity index (χ1n) is 7.75. The van der Waals surface area contributed by atoms with E-state index in [1.165, 1.54) is 0 Å². The van der Waals surface area contributed by atoms with Crippen LogP contribution in [0.3, 0.4) is 0 Å². The maximum absolute atomic E-state index is 12.2. The Kier molecular flexibility index (Phi) is 5.40. The zero-order chi connectivity index (χ0) is 14.5. The van der Waals surface area contributed by atoms with Crippen molar-refractivity contribution >= 4 is 11.9 Å². The molecule has 2 saturated carbocycles. The highest BCUT2D eigenvalue weighted by Gasteiger charge is 2.38. The Labute approximate surface area is 119 Å². The number of carboxylic acids is 1. The van der Waals surface area contributed by atoms with Gasteiger partial charge in [0.05, 0.1) is 11.8 Å². The molecule has 2 rings (SSSR count). The van der Waals surface area contributed by atoms with Crippen LogP contribution in [0.4, 0.5) is 0 Å². The predicted molar refractivity (Wildman–Crippen MR) is 74.0 cm³/mol. The molecule has 4 unspecified atom stereocenters. The minimum Gasteiger partial charge on any atom is -0.481 e. The molecule has 0 bridgehead atoms. The monoisotopic (exact) mass is 283 g/mol. The number of rotatable bonds is 5. The van der Waals surface area contributed by atoms with E-state index in [1.807, 2.05) is 0 Å². The van der Waals surface area contributed by atoms with Gasteiger partial charge >= 0.3 is 5.97 Å². The van der Waals surface area contributed by atoms with Crippen molar-refractivity contribution < 1.29 is 19.8 Å². The van der Waals surface area contributed by atoms with E-state index in [1.54, 1.807) is 0 Å². The molecule has 5 nitrogen and oxygen atoms in total. The summed E-state index contributed by atoms with van der Waals surface area (Å²) in [5.74, 6) is -1.24. The number of aliphatic hydroxyl groups excluding tert-OH is 1. The van der Waals surface area contributed by atoms with Crippen LogP contribution in [0.2, 0.25) is 0 Å². The largest absolute Gasteiger partial charge is 0.481 e. The van der Waals surface area contributed by atoms with Crippen molar-refractivity contribution in [1.82, 2.24) is 5.32 Å². The minimum atomic E-state index is -0.853. The van der Waals surface area contributed by atoms with Crippen molar-refractivity contribution in [1.29, 1.82) is 0 Å². The van der Waals surface area contributed by atoms with E-state index < -0.39 is 11.9 Å². The average molecular weight is 283 g/mol. The molecule has 3 N–H and O–H groups in total. The van der Waals surface area contributed by atoms with Crippen molar-refractivity contribution in [2.75, 3.05) is 13.2 Å². The lowest BCUT2D eigenvalue weighted by Gasteiger charge is -2.30. The highest BCUT2D eigenvalue weighted by Crippen LogP contribution is 2.33. The normalized spacial score (nSPS) is 33.9. The van der Waals surface area contributed by atoms with E-state index >= 15 is 0 Å². The highest BCUT2D eigenvalue weighted by molar-refractivity contribution is 5.85. The van der Waals surface area contributed by atoms with Gasteiger partial charge in [0, 0.05) is 13.2 Å². The number of aliphatic hydroxyl groups is 1. The van der Waals surface area contributed by atoms with E-state index in [0.29, 0.717) is 25.3 Å². The van der Waals surface area contributed by atoms with Gasteiger partial charge < -0.3 is 15.5 Å². The molecular formula is C15H25NO4. The van der Waals surface area contributed by atoms with Gasteiger partial charge in [0.25, 0.3) is 0 Å². The molecule has 0 heterocycles. The first-order valence-corrected chi connectivity index (χ1v) is 7.75. The second-order valence-corrected chi connectivity index (χ2v) is 6.21. The van der Waals surface area contributed by atoms with Gasteiger partial charge in [-0.05, 0) is 37.5 Å². The molecule has 0 radical (unpaired) electrons. The Bertz CT molecular complexity index is 358. The lowest BCUT2D eigenvalue weighted by atomic mass is 9.79. The van der Waals surface area contributed by atoms with E-state index in [9.17, 15) is 14.7 Å². The Hall–Kier alpha value is -1.10. The Morgan fingerprint density at radius 2 is 1.60 bits per heavy atom. The molecule has 20 heavy (non-hydrogen) atoms. The molecule has 4 atom stereocenters. The number of carboxylic acid groups (broad SMARTS) is 1. The predicted octanol–water partition coefficient (Wildman–Crippen LogP) is 1.40. The van der Waals surface area contributed by atoms with E-state index in [0.717, 1.165) is 32.1 Å². The van der Waals surface area contributed by atoms with Crippen LogP contribution < -0.4 is 5.32 Å². The third kappa shape index (κ3) is 3.51. The molecule has 2 fully saturated rings. The topological polar surface area (TPSA) is 86.6 Å². The summed E-state index contributed by atoms with van der Waals surface area (Å²) in [5, 5.41) is 21.4. The summed E-state index contributed by atoms with van der Waals surface area (Å²) in [4.78, 5) is 23.3. The van der Waals surface area contributed by atoms with E-state index in [-0.39, 0.29) is 24.3 Å². The van der Waals surface area contributed by atoms with Crippen LogP contribution in [-0.2, 0) is 9.59 Å². The van der Waals surface area contributed by atoms with Crippen LogP contribution in [0.1, 0.15) is 44.9 Å². The van der Waals surface area contributed by atoms with Crippen molar-refractivity contribution in [3.8, 4) is 0 Å². The highest BCUT2D eigenvalue weighted by atomic mass is 16.4. The second-order valence-electron chi connectivity index (χ2n) is 6.21. The molecular weight excluding hydrogens is 258 g/mol. The molecule has 0 aromatic rings. The quantitative estimate of drug-likeness (QED) is 0.712. The van der Waals surface area contributed by atoms with Crippen LogP contribution in [0, 0.1) is 23.7 Å².